The Kier molecular flexibility index (Phi) is 8.80. The van der Waals surface area contributed by atoms with Gasteiger partial charge in [-0.1, -0.05) is 26.0 Å². The SMILES string of the molecule is COc1cc(C2C(C#N)=C(N)Oc3cc(OC(=O)C(C)Oc4ccc(F)cc4)ccc32)ccc1OCCC(C)C. The number of hydrogen-bond acceptors (Lipinski definition) is 8. The first-order valence-electron chi connectivity index (χ1n) is 12.9. The summed E-state index contributed by atoms with van der Waals surface area (Å²) in [6, 6.07) is 17.8. The highest BCUT2D eigenvalue weighted by Crippen LogP contribution is 2.45. The number of hydrogen-bond donors (Lipinski definition) is 1. The van der Waals surface area contributed by atoms with Crippen molar-refractivity contribution in [3.05, 3.63) is 89.1 Å². The number of nitrogens with two attached hydrogens (primary N) is 1. The molecule has 4 rings (SSSR count). The third-order valence-corrected chi connectivity index (χ3v) is 6.34. The topological polar surface area (TPSA) is 113 Å². The van der Waals surface area contributed by atoms with E-state index in [1.165, 1.54) is 37.3 Å². The quantitative estimate of drug-likeness (QED) is 0.249. The first-order chi connectivity index (χ1) is 19.2. The molecule has 1 aliphatic heterocycles. The van der Waals surface area contributed by atoms with Crippen LogP contribution in [0, 0.1) is 23.1 Å². The van der Waals surface area contributed by atoms with Gasteiger partial charge in [0.2, 0.25) is 5.88 Å². The van der Waals surface area contributed by atoms with Crippen molar-refractivity contribution in [2.75, 3.05) is 13.7 Å². The first-order valence-corrected chi connectivity index (χ1v) is 12.9. The van der Waals surface area contributed by atoms with Crippen molar-refractivity contribution < 1.29 is 32.9 Å². The second kappa shape index (κ2) is 12.4. The molecule has 3 aromatic rings. The number of fused-ring (bicyclic) bond motifs is 1. The molecule has 2 N–H and O–H groups in total. The molecule has 3 aromatic carbocycles. The highest BCUT2D eigenvalue weighted by molar-refractivity contribution is 5.77. The predicted octanol–water partition coefficient (Wildman–Crippen LogP) is 5.85. The zero-order valence-corrected chi connectivity index (χ0v) is 22.8. The molecule has 0 spiro atoms. The number of carbonyl (C=O) groups excluding carboxylic acids is 1. The van der Waals surface area contributed by atoms with Crippen LogP contribution < -0.4 is 29.4 Å². The lowest BCUT2D eigenvalue weighted by Crippen LogP contribution is -2.28. The van der Waals surface area contributed by atoms with Gasteiger partial charge in [0.15, 0.2) is 17.6 Å². The zero-order valence-electron chi connectivity index (χ0n) is 22.8. The van der Waals surface area contributed by atoms with Crippen LogP contribution in [0.5, 0.6) is 28.7 Å². The molecule has 8 nitrogen and oxygen atoms in total. The number of methoxy groups -OCH3 is 1. The van der Waals surface area contributed by atoms with Crippen LogP contribution in [0.2, 0.25) is 0 Å². The van der Waals surface area contributed by atoms with Gasteiger partial charge in [-0.05, 0) is 67.3 Å². The summed E-state index contributed by atoms with van der Waals surface area (Å²) in [5.74, 6) is 0.862. The fourth-order valence-electron chi connectivity index (χ4n) is 4.19. The van der Waals surface area contributed by atoms with E-state index in [-0.39, 0.29) is 17.2 Å². The second-order valence-corrected chi connectivity index (χ2v) is 9.70. The minimum atomic E-state index is -0.959. The molecule has 2 unspecified atom stereocenters. The molecule has 0 saturated heterocycles. The fourth-order valence-corrected chi connectivity index (χ4v) is 4.19. The van der Waals surface area contributed by atoms with E-state index >= 15 is 0 Å². The zero-order chi connectivity index (χ0) is 28.8. The first kappa shape index (κ1) is 28.3. The molecule has 0 saturated carbocycles. The Hall–Kier alpha value is -4.71. The number of nitrogens with zero attached hydrogens (tertiary/aromatic N) is 1. The van der Waals surface area contributed by atoms with Crippen LogP contribution in [-0.2, 0) is 4.79 Å². The maximum atomic E-state index is 13.1. The highest BCUT2D eigenvalue weighted by atomic mass is 19.1. The van der Waals surface area contributed by atoms with Gasteiger partial charge in [0.1, 0.15) is 34.7 Å². The normalized spacial score (nSPS) is 15.0. The van der Waals surface area contributed by atoms with Crippen LogP contribution in [0.3, 0.4) is 0 Å². The van der Waals surface area contributed by atoms with Crippen LogP contribution in [0.25, 0.3) is 0 Å². The Balaban J connectivity index is 1.57. The monoisotopic (exact) mass is 546 g/mol. The standard InChI is InChI=1S/C31H31FN2O6/c1-18(2)13-14-37-26-12-5-20(15-28(26)36-4)29-24-11-10-23(16-27(24)40-30(34)25(29)17-33)39-31(35)19(3)38-22-8-6-21(32)7-9-22/h5-12,15-16,18-19,29H,13-14,34H2,1-4H3. The van der Waals surface area contributed by atoms with Gasteiger partial charge in [0, 0.05) is 11.6 Å². The summed E-state index contributed by atoms with van der Waals surface area (Å²) in [5, 5.41) is 9.91. The molecule has 9 heteroatoms. The van der Waals surface area contributed by atoms with Gasteiger partial charge >= 0.3 is 5.97 Å². The summed E-state index contributed by atoms with van der Waals surface area (Å²) in [6.45, 7) is 6.33. The van der Waals surface area contributed by atoms with Gasteiger partial charge < -0.3 is 29.4 Å². The number of allylic oxidation sites excluding steroid dienone is 1. The molecule has 0 fully saturated rings. The van der Waals surface area contributed by atoms with Crippen molar-refractivity contribution >= 4 is 5.97 Å². The largest absolute Gasteiger partial charge is 0.493 e. The Morgan fingerprint density at radius 1 is 1.05 bits per heavy atom. The minimum Gasteiger partial charge on any atom is -0.493 e. The van der Waals surface area contributed by atoms with E-state index in [0.29, 0.717) is 41.1 Å². The molecular weight excluding hydrogens is 515 g/mol. The number of rotatable bonds is 10. The Labute approximate surface area is 232 Å². The second-order valence-electron chi connectivity index (χ2n) is 9.70. The fraction of sp³-hybridized carbons (Fsp3) is 0.290. The third-order valence-electron chi connectivity index (χ3n) is 6.34. The summed E-state index contributed by atoms with van der Waals surface area (Å²) < 4.78 is 41.4. The summed E-state index contributed by atoms with van der Waals surface area (Å²) in [7, 11) is 1.56. The lowest BCUT2D eigenvalue weighted by atomic mass is 9.83. The van der Waals surface area contributed by atoms with Crippen LogP contribution >= 0.6 is 0 Å². The van der Waals surface area contributed by atoms with Gasteiger partial charge in [-0.25, -0.2) is 9.18 Å². The molecule has 208 valence electrons. The van der Waals surface area contributed by atoms with Crippen LogP contribution in [0.4, 0.5) is 4.39 Å². The third kappa shape index (κ3) is 6.46. The molecule has 0 bridgehead atoms. The molecule has 40 heavy (non-hydrogen) atoms. The van der Waals surface area contributed by atoms with E-state index in [1.807, 2.05) is 18.2 Å². The van der Waals surface area contributed by atoms with Gasteiger partial charge in [-0.2, -0.15) is 5.26 Å². The predicted molar refractivity (Wildman–Crippen MR) is 146 cm³/mol. The summed E-state index contributed by atoms with van der Waals surface area (Å²) >= 11 is 0. The van der Waals surface area contributed by atoms with Gasteiger partial charge in [-0.15, -0.1) is 0 Å². The number of halogens is 1. The minimum absolute atomic E-state index is 0.0484. The average molecular weight is 547 g/mol. The number of ether oxygens (including phenoxy) is 5. The highest BCUT2D eigenvalue weighted by Gasteiger charge is 2.32. The molecule has 0 radical (unpaired) electrons. The van der Waals surface area contributed by atoms with Gasteiger partial charge in [0.05, 0.1) is 19.6 Å². The van der Waals surface area contributed by atoms with Gasteiger partial charge in [0.25, 0.3) is 0 Å². The number of nitriles is 1. The van der Waals surface area contributed by atoms with E-state index in [2.05, 4.69) is 19.9 Å². The van der Waals surface area contributed by atoms with Crippen molar-refractivity contribution in [1.82, 2.24) is 0 Å². The summed E-state index contributed by atoms with van der Waals surface area (Å²) in [6.07, 6.45) is -0.0563. The summed E-state index contributed by atoms with van der Waals surface area (Å²) in [4.78, 5) is 12.7. The lowest BCUT2D eigenvalue weighted by Gasteiger charge is -2.27. The number of carbonyl (C=O) groups is 1. The van der Waals surface area contributed by atoms with Crippen molar-refractivity contribution in [2.45, 2.75) is 39.2 Å². The molecule has 0 aromatic heterocycles. The molecule has 0 amide bonds. The van der Waals surface area contributed by atoms with Crippen LogP contribution in [-0.4, -0.2) is 25.8 Å². The van der Waals surface area contributed by atoms with Gasteiger partial charge in [-0.3, -0.25) is 0 Å². The molecular formula is C31H31FN2O6. The molecule has 2 atom stereocenters. The van der Waals surface area contributed by atoms with E-state index in [4.69, 9.17) is 29.4 Å². The van der Waals surface area contributed by atoms with E-state index < -0.39 is 23.8 Å². The Morgan fingerprint density at radius 2 is 1.77 bits per heavy atom. The number of esters is 1. The van der Waals surface area contributed by atoms with Crippen molar-refractivity contribution in [1.29, 1.82) is 5.26 Å². The molecule has 0 aliphatic carbocycles. The number of benzene rings is 3. The average Bonchev–Trinajstić information content (AvgIpc) is 2.93. The van der Waals surface area contributed by atoms with E-state index in [9.17, 15) is 14.4 Å². The maximum absolute atomic E-state index is 13.1. The van der Waals surface area contributed by atoms with E-state index in [0.717, 1.165) is 12.0 Å². The summed E-state index contributed by atoms with van der Waals surface area (Å²) in [5.41, 5.74) is 7.81. The molecule has 1 aliphatic rings. The molecule has 1 heterocycles. The maximum Gasteiger partial charge on any atom is 0.352 e. The Morgan fingerprint density at radius 3 is 2.45 bits per heavy atom. The van der Waals surface area contributed by atoms with Crippen molar-refractivity contribution in [3.8, 4) is 34.8 Å². The van der Waals surface area contributed by atoms with E-state index in [1.54, 1.807) is 19.2 Å². The van der Waals surface area contributed by atoms with Crippen LogP contribution in [0.1, 0.15) is 44.2 Å². The van der Waals surface area contributed by atoms with Crippen molar-refractivity contribution in [3.63, 3.8) is 0 Å². The van der Waals surface area contributed by atoms with Crippen LogP contribution in [0.15, 0.2) is 72.1 Å². The smallest absolute Gasteiger partial charge is 0.352 e. The van der Waals surface area contributed by atoms with Crippen molar-refractivity contribution in [2.24, 2.45) is 11.7 Å². The lowest BCUT2D eigenvalue weighted by molar-refractivity contribution is -0.141. The Bertz CT molecular complexity index is 1450.